The van der Waals surface area contributed by atoms with Gasteiger partial charge in [-0.2, -0.15) is 0 Å². The summed E-state index contributed by atoms with van der Waals surface area (Å²) in [7, 11) is -3.04. The molecule has 0 aliphatic rings. The Hall–Kier alpha value is -2.24. The first-order valence-corrected chi connectivity index (χ1v) is 12.5. The van der Waals surface area contributed by atoms with E-state index in [1.165, 1.54) is 27.8 Å². The second-order valence-electron chi connectivity index (χ2n) is 7.20. The molecule has 0 unspecified atom stereocenters. The van der Waals surface area contributed by atoms with Crippen LogP contribution in [0.15, 0.2) is 66.7 Å². The van der Waals surface area contributed by atoms with Crippen LogP contribution in [0.25, 0.3) is 22.3 Å². The molecule has 4 heteroatoms. The van der Waals surface area contributed by atoms with Crippen LogP contribution in [0.2, 0.25) is 0 Å². The molecule has 3 aromatic carbocycles. The summed E-state index contributed by atoms with van der Waals surface area (Å²) >= 11 is 0. The zero-order valence-electron chi connectivity index (χ0n) is 18.7. The fourth-order valence-corrected chi connectivity index (χ4v) is 6.94. The van der Waals surface area contributed by atoms with Crippen LogP contribution in [0.3, 0.4) is 0 Å². The Bertz CT molecular complexity index is 938. The molecule has 0 amide bonds. The Morgan fingerprint density at radius 3 is 1.50 bits per heavy atom. The van der Waals surface area contributed by atoms with Gasteiger partial charge in [-0.05, 0) is 68.0 Å². The van der Waals surface area contributed by atoms with E-state index >= 15 is 0 Å². The van der Waals surface area contributed by atoms with E-state index in [4.69, 9.17) is 13.3 Å². The molecule has 0 N–H and O–H groups in total. The van der Waals surface area contributed by atoms with Gasteiger partial charge in [0.05, 0.1) is 0 Å². The fourth-order valence-electron chi connectivity index (χ4n) is 4.11. The van der Waals surface area contributed by atoms with E-state index in [0.29, 0.717) is 19.8 Å². The van der Waals surface area contributed by atoms with Crippen LogP contribution >= 0.6 is 0 Å². The van der Waals surface area contributed by atoms with Crippen LogP contribution in [0.5, 0.6) is 0 Å². The average Bonchev–Trinajstić information content (AvgIpc) is 2.76. The molecule has 30 heavy (non-hydrogen) atoms. The van der Waals surface area contributed by atoms with E-state index in [1.807, 2.05) is 20.8 Å². The highest BCUT2D eigenvalue weighted by Gasteiger charge is 2.45. The number of aryl methyl sites for hydroxylation is 1. The third-order valence-electron chi connectivity index (χ3n) is 5.24. The zero-order valence-corrected chi connectivity index (χ0v) is 19.7. The van der Waals surface area contributed by atoms with Crippen LogP contribution in [0.1, 0.15) is 31.9 Å². The summed E-state index contributed by atoms with van der Waals surface area (Å²) in [6, 6.07) is 23.4. The van der Waals surface area contributed by atoms with Gasteiger partial charge in [-0.25, -0.2) is 0 Å². The molecule has 0 radical (unpaired) electrons. The van der Waals surface area contributed by atoms with E-state index < -0.39 is 8.80 Å². The average molecular weight is 421 g/mol. The highest BCUT2D eigenvalue weighted by molar-refractivity contribution is 6.76. The highest BCUT2D eigenvalue weighted by atomic mass is 28.4. The molecular formula is C26H32O3Si. The molecule has 0 saturated carbocycles. The Labute approximate surface area is 182 Å². The second-order valence-corrected chi connectivity index (χ2v) is 9.72. The van der Waals surface area contributed by atoms with Crippen molar-refractivity contribution >= 4 is 14.0 Å². The minimum Gasteiger partial charge on any atom is -0.370 e. The molecular weight excluding hydrogens is 388 g/mol. The monoisotopic (exact) mass is 420 g/mol. The van der Waals surface area contributed by atoms with Crippen LogP contribution in [0, 0.1) is 13.8 Å². The molecule has 0 bridgehead atoms. The molecule has 0 heterocycles. The summed E-state index contributed by atoms with van der Waals surface area (Å²) in [5.41, 5.74) is 7.21. The minimum absolute atomic E-state index is 0.547. The molecule has 3 aromatic rings. The Kier molecular flexibility index (Phi) is 7.62. The van der Waals surface area contributed by atoms with Gasteiger partial charge in [0.15, 0.2) is 0 Å². The summed E-state index contributed by atoms with van der Waals surface area (Å²) < 4.78 is 18.8. The van der Waals surface area contributed by atoms with Crippen LogP contribution < -0.4 is 5.19 Å². The van der Waals surface area contributed by atoms with Crippen molar-refractivity contribution in [3.05, 3.63) is 77.9 Å². The normalized spacial score (nSPS) is 11.6. The van der Waals surface area contributed by atoms with Crippen LogP contribution in [-0.4, -0.2) is 28.6 Å². The summed E-state index contributed by atoms with van der Waals surface area (Å²) in [5, 5.41) is 1.06. The lowest BCUT2D eigenvalue weighted by Gasteiger charge is -2.32. The maximum atomic E-state index is 6.26. The second kappa shape index (κ2) is 10.2. The lowest BCUT2D eigenvalue weighted by molar-refractivity contribution is 0.0858. The summed E-state index contributed by atoms with van der Waals surface area (Å²) in [4.78, 5) is 0. The third kappa shape index (κ3) is 4.42. The van der Waals surface area contributed by atoms with Crippen molar-refractivity contribution in [2.75, 3.05) is 19.8 Å². The van der Waals surface area contributed by atoms with Crippen molar-refractivity contribution in [2.45, 2.75) is 34.6 Å². The Morgan fingerprint density at radius 1 is 0.633 bits per heavy atom. The molecule has 3 rings (SSSR count). The predicted molar refractivity (Wildman–Crippen MR) is 127 cm³/mol. The van der Waals surface area contributed by atoms with Gasteiger partial charge in [-0.15, -0.1) is 0 Å². The number of hydrogen-bond acceptors (Lipinski definition) is 3. The van der Waals surface area contributed by atoms with Gasteiger partial charge in [0.1, 0.15) is 0 Å². The first-order chi connectivity index (χ1) is 14.6. The highest BCUT2D eigenvalue weighted by Crippen LogP contribution is 2.37. The van der Waals surface area contributed by atoms with Gasteiger partial charge in [-0.1, -0.05) is 66.7 Å². The van der Waals surface area contributed by atoms with Gasteiger partial charge < -0.3 is 13.3 Å². The summed E-state index contributed by atoms with van der Waals surface area (Å²) in [6.45, 7) is 12.0. The SMILES string of the molecule is CCO[Si](OCC)(OCC)c1cc(C)c(-c2ccccc2)c(-c2ccccc2)c1C. The molecule has 0 fully saturated rings. The lowest BCUT2D eigenvalue weighted by atomic mass is 9.88. The Balaban J connectivity index is 2.36. The van der Waals surface area contributed by atoms with Gasteiger partial charge in [0, 0.05) is 25.0 Å². The molecule has 0 spiro atoms. The van der Waals surface area contributed by atoms with E-state index in [1.54, 1.807) is 0 Å². The quantitative estimate of drug-likeness (QED) is 0.404. The molecule has 0 aromatic heterocycles. The summed E-state index contributed by atoms with van der Waals surface area (Å²) in [6.07, 6.45) is 0. The molecule has 3 nitrogen and oxygen atoms in total. The van der Waals surface area contributed by atoms with Gasteiger partial charge in [0.2, 0.25) is 0 Å². The molecule has 0 saturated heterocycles. The standard InChI is InChI=1S/C26H32O3Si/c1-6-27-30(28-7-2,29-8-3)24-19-20(4)25(22-15-11-9-12-16-22)26(21(24)5)23-17-13-10-14-18-23/h9-19H,6-8H2,1-5H3. The maximum absolute atomic E-state index is 6.26. The molecule has 158 valence electrons. The van der Waals surface area contributed by atoms with Crippen molar-refractivity contribution < 1.29 is 13.3 Å². The Morgan fingerprint density at radius 2 is 1.07 bits per heavy atom. The molecule has 0 atom stereocenters. The largest absolute Gasteiger partial charge is 0.537 e. The van der Waals surface area contributed by atoms with Gasteiger partial charge in [-0.3, -0.25) is 0 Å². The van der Waals surface area contributed by atoms with Crippen molar-refractivity contribution in [3.8, 4) is 22.3 Å². The van der Waals surface area contributed by atoms with Crippen LogP contribution in [0.4, 0.5) is 0 Å². The molecule has 0 aliphatic carbocycles. The summed E-state index contributed by atoms with van der Waals surface area (Å²) in [5.74, 6) is 0. The maximum Gasteiger partial charge on any atom is 0.537 e. The third-order valence-corrected chi connectivity index (χ3v) is 8.43. The number of benzene rings is 3. The fraction of sp³-hybridized carbons (Fsp3) is 0.308. The lowest BCUT2D eigenvalue weighted by Crippen LogP contribution is -2.58. The smallest absolute Gasteiger partial charge is 0.370 e. The topological polar surface area (TPSA) is 27.7 Å². The van der Waals surface area contributed by atoms with Crippen molar-refractivity contribution in [3.63, 3.8) is 0 Å². The van der Waals surface area contributed by atoms with E-state index in [0.717, 1.165) is 10.8 Å². The van der Waals surface area contributed by atoms with E-state index in [9.17, 15) is 0 Å². The first kappa shape index (κ1) is 22.4. The van der Waals surface area contributed by atoms with Crippen molar-refractivity contribution in [1.29, 1.82) is 0 Å². The van der Waals surface area contributed by atoms with Gasteiger partial charge in [0.25, 0.3) is 0 Å². The zero-order chi connectivity index (χ0) is 21.6. The van der Waals surface area contributed by atoms with E-state index in [2.05, 4.69) is 80.6 Å². The van der Waals surface area contributed by atoms with E-state index in [-0.39, 0.29) is 0 Å². The van der Waals surface area contributed by atoms with Gasteiger partial charge >= 0.3 is 8.80 Å². The first-order valence-electron chi connectivity index (χ1n) is 10.7. The minimum atomic E-state index is -3.04. The predicted octanol–water partition coefficient (Wildman–Crippen LogP) is 5.89. The van der Waals surface area contributed by atoms with Crippen molar-refractivity contribution in [2.24, 2.45) is 0 Å². The van der Waals surface area contributed by atoms with Crippen LogP contribution in [-0.2, 0) is 13.3 Å². The number of hydrogen-bond donors (Lipinski definition) is 0. The molecule has 0 aliphatic heterocycles. The number of rotatable bonds is 9. The van der Waals surface area contributed by atoms with Crippen molar-refractivity contribution in [1.82, 2.24) is 0 Å².